The molecule has 1 heterocycles. The molecule has 0 aliphatic carbocycles. The van der Waals surface area contributed by atoms with Crippen LogP contribution in [-0.2, 0) is 19.1 Å². The SMILES string of the molecule is CCOC(=O)C1CCC(C)N(C(=O)OC(C)(C)C)CC1=O. The van der Waals surface area contributed by atoms with Crippen LogP contribution >= 0.6 is 0 Å². The van der Waals surface area contributed by atoms with Gasteiger partial charge in [0.1, 0.15) is 11.5 Å². The van der Waals surface area contributed by atoms with Crippen molar-refractivity contribution in [3.05, 3.63) is 0 Å². The van der Waals surface area contributed by atoms with Crippen LogP contribution in [0.1, 0.15) is 47.5 Å². The molecule has 120 valence electrons. The average molecular weight is 299 g/mol. The highest BCUT2D eigenvalue weighted by molar-refractivity contribution is 6.01. The summed E-state index contributed by atoms with van der Waals surface area (Å²) in [5, 5.41) is 0. The highest BCUT2D eigenvalue weighted by Crippen LogP contribution is 2.22. The summed E-state index contributed by atoms with van der Waals surface area (Å²) in [5.74, 6) is -1.57. The highest BCUT2D eigenvalue weighted by Gasteiger charge is 2.37. The summed E-state index contributed by atoms with van der Waals surface area (Å²) in [6, 6.07) is -0.150. The standard InChI is InChI=1S/C15H25NO5/c1-6-20-13(18)11-8-7-10(2)16(9-12(11)17)14(19)21-15(3,4)5/h10-11H,6-9H2,1-5H3. The van der Waals surface area contributed by atoms with Gasteiger partial charge in [0.2, 0.25) is 0 Å². The van der Waals surface area contributed by atoms with E-state index in [2.05, 4.69) is 0 Å². The predicted octanol–water partition coefficient (Wildman–Crippen LogP) is 2.15. The third kappa shape index (κ3) is 5.02. The van der Waals surface area contributed by atoms with E-state index in [4.69, 9.17) is 9.47 Å². The molecular formula is C15H25NO5. The molecule has 0 spiro atoms. The van der Waals surface area contributed by atoms with E-state index in [0.29, 0.717) is 12.8 Å². The molecule has 2 unspecified atom stereocenters. The lowest BCUT2D eigenvalue weighted by atomic mass is 9.98. The Morgan fingerprint density at radius 3 is 2.43 bits per heavy atom. The monoisotopic (exact) mass is 299 g/mol. The van der Waals surface area contributed by atoms with E-state index in [1.54, 1.807) is 27.7 Å². The van der Waals surface area contributed by atoms with Crippen molar-refractivity contribution in [3.63, 3.8) is 0 Å². The van der Waals surface area contributed by atoms with Crippen LogP contribution in [0.2, 0.25) is 0 Å². The fourth-order valence-corrected chi connectivity index (χ4v) is 2.22. The number of hydrogen-bond donors (Lipinski definition) is 0. The molecule has 0 N–H and O–H groups in total. The van der Waals surface area contributed by atoms with E-state index in [-0.39, 0.29) is 25.0 Å². The average Bonchev–Trinajstić information content (AvgIpc) is 2.47. The topological polar surface area (TPSA) is 72.9 Å². The third-order valence-corrected chi connectivity index (χ3v) is 3.32. The van der Waals surface area contributed by atoms with Crippen LogP contribution in [0.15, 0.2) is 0 Å². The van der Waals surface area contributed by atoms with Gasteiger partial charge in [-0.05, 0) is 47.5 Å². The van der Waals surface area contributed by atoms with Crippen LogP contribution in [0.3, 0.4) is 0 Å². The van der Waals surface area contributed by atoms with Crippen molar-refractivity contribution in [2.24, 2.45) is 5.92 Å². The van der Waals surface area contributed by atoms with Gasteiger partial charge in [0.15, 0.2) is 5.78 Å². The zero-order valence-corrected chi connectivity index (χ0v) is 13.5. The smallest absolute Gasteiger partial charge is 0.410 e. The summed E-state index contributed by atoms with van der Waals surface area (Å²) >= 11 is 0. The van der Waals surface area contributed by atoms with Gasteiger partial charge in [-0.25, -0.2) is 4.79 Å². The summed E-state index contributed by atoms with van der Waals surface area (Å²) in [4.78, 5) is 37.6. The Labute approximate surface area is 125 Å². The summed E-state index contributed by atoms with van der Waals surface area (Å²) in [5.41, 5.74) is -0.618. The Morgan fingerprint density at radius 1 is 1.29 bits per heavy atom. The molecule has 1 aliphatic heterocycles. The number of ether oxygens (including phenoxy) is 2. The van der Waals surface area contributed by atoms with Gasteiger partial charge >= 0.3 is 12.1 Å². The maximum Gasteiger partial charge on any atom is 0.410 e. The quantitative estimate of drug-likeness (QED) is 0.577. The van der Waals surface area contributed by atoms with Crippen LogP contribution in [-0.4, -0.2) is 47.5 Å². The molecule has 0 saturated carbocycles. The summed E-state index contributed by atoms with van der Waals surface area (Å²) in [6.07, 6.45) is 0.444. The van der Waals surface area contributed by atoms with Crippen LogP contribution in [0.4, 0.5) is 4.79 Å². The molecule has 6 heteroatoms. The Hall–Kier alpha value is -1.59. The Balaban J connectivity index is 2.80. The van der Waals surface area contributed by atoms with Gasteiger partial charge in [-0.1, -0.05) is 0 Å². The second-order valence-electron chi connectivity index (χ2n) is 6.31. The number of carbonyl (C=O) groups excluding carboxylic acids is 3. The van der Waals surface area contributed by atoms with Gasteiger partial charge in [-0.3, -0.25) is 14.5 Å². The van der Waals surface area contributed by atoms with Crippen molar-refractivity contribution in [2.45, 2.75) is 59.1 Å². The zero-order valence-electron chi connectivity index (χ0n) is 13.5. The maximum atomic E-state index is 12.2. The first kappa shape index (κ1) is 17.5. The number of ketones is 1. The molecule has 2 atom stereocenters. The molecule has 0 aromatic rings. The Morgan fingerprint density at radius 2 is 1.90 bits per heavy atom. The minimum Gasteiger partial charge on any atom is -0.465 e. The fourth-order valence-electron chi connectivity index (χ4n) is 2.22. The summed E-state index contributed by atoms with van der Waals surface area (Å²) < 4.78 is 10.2. The van der Waals surface area contributed by atoms with E-state index < -0.39 is 23.6 Å². The first-order chi connectivity index (χ1) is 9.65. The zero-order chi connectivity index (χ0) is 16.2. The van der Waals surface area contributed by atoms with Crippen molar-refractivity contribution in [1.82, 2.24) is 4.90 Å². The molecule has 1 rings (SSSR count). The van der Waals surface area contributed by atoms with Gasteiger partial charge in [-0.15, -0.1) is 0 Å². The number of rotatable bonds is 2. The third-order valence-electron chi connectivity index (χ3n) is 3.32. The first-order valence-electron chi connectivity index (χ1n) is 7.34. The largest absolute Gasteiger partial charge is 0.465 e. The molecule has 0 aromatic heterocycles. The van der Waals surface area contributed by atoms with Crippen LogP contribution in [0, 0.1) is 5.92 Å². The Kier molecular flexibility index (Phi) is 5.75. The van der Waals surface area contributed by atoms with E-state index in [0.717, 1.165) is 0 Å². The number of esters is 1. The molecule has 0 bridgehead atoms. The van der Waals surface area contributed by atoms with Crippen LogP contribution < -0.4 is 0 Å². The van der Waals surface area contributed by atoms with Gasteiger partial charge in [0.25, 0.3) is 0 Å². The number of carbonyl (C=O) groups is 3. The van der Waals surface area contributed by atoms with Crippen molar-refractivity contribution < 1.29 is 23.9 Å². The number of amides is 1. The molecule has 1 fully saturated rings. The normalized spacial score (nSPS) is 23.5. The van der Waals surface area contributed by atoms with Gasteiger partial charge in [0.05, 0.1) is 13.2 Å². The highest BCUT2D eigenvalue weighted by atomic mass is 16.6. The predicted molar refractivity (Wildman–Crippen MR) is 76.8 cm³/mol. The van der Waals surface area contributed by atoms with E-state index in [1.165, 1.54) is 4.90 Å². The fraction of sp³-hybridized carbons (Fsp3) is 0.800. The molecule has 0 aromatic carbocycles. The van der Waals surface area contributed by atoms with E-state index in [1.807, 2.05) is 6.92 Å². The van der Waals surface area contributed by atoms with Gasteiger partial charge in [0, 0.05) is 6.04 Å². The molecule has 1 amide bonds. The second-order valence-corrected chi connectivity index (χ2v) is 6.31. The molecule has 6 nitrogen and oxygen atoms in total. The lowest BCUT2D eigenvalue weighted by Crippen LogP contribution is -2.44. The lowest BCUT2D eigenvalue weighted by molar-refractivity contribution is -0.151. The molecule has 1 aliphatic rings. The number of nitrogens with zero attached hydrogens (tertiary/aromatic N) is 1. The van der Waals surface area contributed by atoms with Crippen molar-refractivity contribution in [1.29, 1.82) is 0 Å². The first-order valence-corrected chi connectivity index (χ1v) is 7.34. The lowest BCUT2D eigenvalue weighted by Gasteiger charge is -2.29. The second kappa shape index (κ2) is 6.91. The summed E-state index contributed by atoms with van der Waals surface area (Å²) in [6.45, 7) is 9.01. The number of hydrogen-bond acceptors (Lipinski definition) is 5. The van der Waals surface area contributed by atoms with Crippen molar-refractivity contribution >= 4 is 17.8 Å². The molecule has 1 saturated heterocycles. The van der Waals surface area contributed by atoms with Crippen molar-refractivity contribution in [2.75, 3.05) is 13.2 Å². The van der Waals surface area contributed by atoms with Crippen LogP contribution in [0.25, 0.3) is 0 Å². The van der Waals surface area contributed by atoms with Crippen molar-refractivity contribution in [3.8, 4) is 0 Å². The number of likely N-dealkylation sites (tertiary alicyclic amines) is 1. The van der Waals surface area contributed by atoms with Crippen LogP contribution in [0.5, 0.6) is 0 Å². The van der Waals surface area contributed by atoms with E-state index in [9.17, 15) is 14.4 Å². The minimum atomic E-state index is -0.778. The molecule has 0 radical (unpaired) electrons. The maximum absolute atomic E-state index is 12.2. The van der Waals surface area contributed by atoms with Gasteiger partial charge in [-0.2, -0.15) is 0 Å². The molecular weight excluding hydrogens is 274 g/mol. The molecule has 21 heavy (non-hydrogen) atoms. The minimum absolute atomic E-state index is 0.112. The van der Waals surface area contributed by atoms with Gasteiger partial charge < -0.3 is 9.47 Å². The summed E-state index contributed by atoms with van der Waals surface area (Å²) in [7, 11) is 0. The Bertz CT molecular complexity index is 413. The number of Topliss-reactive ketones (excluding diaryl/α,β-unsaturated/α-hetero) is 1. The van der Waals surface area contributed by atoms with E-state index >= 15 is 0 Å².